The second-order valence-corrected chi connectivity index (χ2v) is 11.2. The van der Waals surface area contributed by atoms with Crippen molar-refractivity contribution in [2.45, 2.75) is 19.9 Å². The molecule has 0 radical (unpaired) electrons. The van der Waals surface area contributed by atoms with E-state index in [1.54, 1.807) is 42.6 Å². The summed E-state index contributed by atoms with van der Waals surface area (Å²) in [5.41, 5.74) is 5.66. The lowest BCUT2D eigenvalue weighted by Crippen LogP contribution is -2.48. The molecule has 1 N–H and O–H groups in total. The maximum Gasteiger partial charge on any atom is 0.258 e. The lowest BCUT2D eigenvalue weighted by atomic mass is 10.1. The van der Waals surface area contributed by atoms with Gasteiger partial charge in [-0.1, -0.05) is 30.3 Å². The Labute approximate surface area is 247 Å². The van der Waals surface area contributed by atoms with Gasteiger partial charge < -0.3 is 10.2 Å². The average Bonchev–Trinajstić information content (AvgIpc) is 3.38. The molecule has 8 nitrogen and oxygen atoms in total. The first-order valence-electron chi connectivity index (χ1n) is 13.8. The molecule has 0 aliphatic carbocycles. The highest BCUT2D eigenvalue weighted by atomic mass is 32.1. The molecule has 0 spiro atoms. The minimum Gasteiger partial charge on any atom is -0.336 e. The van der Waals surface area contributed by atoms with Crippen LogP contribution in [0.25, 0.3) is 11.0 Å². The highest BCUT2D eigenvalue weighted by Gasteiger charge is 2.23. The van der Waals surface area contributed by atoms with E-state index >= 15 is 0 Å². The number of para-hydroxylation sites is 2. The van der Waals surface area contributed by atoms with Crippen LogP contribution in [0.15, 0.2) is 79.0 Å². The van der Waals surface area contributed by atoms with Gasteiger partial charge in [0.15, 0.2) is 0 Å². The van der Waals surface area contributed by atoms with Crippen LogP contribution in [0.5, 0.6) is 0 Å². The van der Waals surface area contributed by atoms with E-state index in [0.29, 0.717) is 42.0 Å². The van der Waals surface area contributed by atoms with Crippen LogP contribution < -0.4 is 5.32 Å². The monoisotopic (exact) mass is 580 g/mol. The maximum absolute atomic E-state index is 13.4. The minimum absolute atomic E-state index is 0.0727. The normalized spacial score (nSPS) is 13.8. The molecule has 1 saturated heterocycles. The molecule has 0 atom stereocenters. The van der Waals surface area contributed by atoms with E-state index < -0.39 is 0 Å². The molecule has 1 aliphatic heterocycles. The van der Waals surface area contributed by atoms with Crippen LogP contribution in [0.3, 0.4) is 0 Å². The Morgan fingerprint density at radius 2 is 1.71 bits per heavy atom. The molecule has 10 heteroatoms. The Morgan fingerprint density at radius 1 is 0.952 bits per heavy atom. The number of nitrogens with zero attached hydrogens (tertiary/aromatic N) is 5. The van der Waals surface area contributed by atoms with Crippen molar-refractivity contribution in [3.8, 4) is 0 Å². The first kappa shape index (κ1) is 27.6. The summed E-state index contributed by atoms with van der Waals surface area (Å²) in [6.07, 6.45) is 2.18. The fourth-order valence-corrected chi connectivity index (χ4v) is 6.02. The quantitative estimate of drug-likeness (QED) is 0.280. The number of carbonyl (C=O) groups excluding carboxylic acids is 2. The van der Waals surface area contributed by atoms with E-state index in [0.717, 1.165) is 46.8 Å². The standard InChI is InChI=1S/C32H29FN6O2S/c1-21-30(29(42-37-21)18-26-19-34-27-7-2-3-8-28(27)35-26)31(40)36-25-6-4-5-23(17-25)32(41)39-15-13-38(14-16-39)20-22-9-11-24(33)12-10-22/h2-12,17,19H,13-16,18,20H2,1H3,(H,36,40). The van der Waals surface area contributed by atoms with Gasteiger partial charge in [0.1, 0.15) is 5.82 Å². The molecule has 1 aliphatic rings. The van der Waals surface area contributed by atoms with E-state index in [4.69, 9.17) is 4.98 Å². The van der Waals surface area contributed by atoms with Crippen LogP contribution >= 0.6 is 11.5 Å². The Balaban J connectivity index is 1.10. The van der Waals surface area contributed by atoms with Gasteiger partial charge in [-0.15, -0.1) is 0 Å². The largest absolute Gasteiger partial charge is 0.336 e. The zero-order chi connectivity index (χ0) is 29.1. The highest BCUT2D eigenvalue weighted by Crippen LogP contribution is 2.24. The number of nitrogens with one attached hydrogen (secondary N) is 1. The number of hydrogen-bond acceptors (Lipinski definition) is 7. The zero-order valence-electron chi connectivity index (χ0n) is 23.1. The van der Waals surface area contributed by atoms with E-state index in [1.807, 2.05) is 36.1 Å². The third kappa shape index (κ3) is 6.19. The van der Waals surface area contributed by atoms with Crippen LogP contribution in [-0.4, -0.2) is 62.1 Å². The van der Waals surface area contributed by atoms with E-state index in [1.165, 1.54) is 23.7 Å². The minimum atomic E-state index is -0.274. The Morgan fingerprint density at radius 3 is 2.50 bits per heavy atom. The van der Waals surface area contributed by atoms with E-state index in [-0.39, 0.29) is 17.6 Å². The first-order chi connectivity index (χ1) is 20.4. The molecular weight excluding hydrogens is 551 g/mol. The molecule has 1 fully saturated rings. The summed E-state index contributed by atoms with van der Waals surface area (Å²) in [6.45, 7) is 5.18. The first-order valence-corrected chi connectivity index (χ1v) is 14.5. The van der Waals surface area contributed by atoms with Gasteiger partial charge in [-0.3, -0.25) is 19.5 Å². The van der Waals surface area contributed by atoms with Crippen molar-refractivity contribution < 1.29 is 14.0 Å². The van der Waals surface area contributed by atoms with Gasteiger partial charge in [-0.25, -0.2) is 9.37 Å². The molecule has 0 saturated carbocycles. The van der Waals surface area contributed by atoms with Gasteiger partial charge in [0.05, 0.1) is 28.0 Å². The number of aromatic nitrogens is 3. The summed E-state index contributed by atoms with van der Waals surface area (Å²) in [6, 6.07) is 21.2. The number of amides is 2. The second kappa shape index (κ2) is 12.1. The Bertz CT molecular complexity index is 1750. The molecular formula is C32H29FN6O2S. The number of piperazine rings is 1. The molecule has 42 heavy (non-hydrogen) atoms. The molecule has 3 heterocycles. The van der Waals surface area contributed by atoms with Gasteiger partial charge in [-0.05, 0) is 66.5 Å². The van der Waals surface area contributed by atoms with Crippen molar-refractivity contribution in [1.29, 1.82) is 0 Å². The Kier molecular flexibility index (Phi) is 7.98. The predicted molar refractivity (Wildman–Crippen MR) is 161 cm³/mol. The van der Waals surface area contributed by atoms with Crippen molar-refractivity contribution >= 4 is 40.1 Å². The van der Waals surface area contributed by atoms with Crippen molar-refractivity contribution in [2.24, 2.45) is 0 Å². The van der Waals surface area contributed by atoms with E-state index in [2.05, 4.69) is 19.6 Å². The summed E-state index contributed by atoms with van der Waals surface area (Å²) in [4.78, 5) is 40.8. The molecule has 2 aromatic heterocycles. The molecule has 5 aromatic rings. The average molecular weight is 581 g/mol. The van der Waals surface area contributed by atoms with Gasteiger partial charge in [-0.2, -0.15) is 4.37 Å². The molecule has 0 bridgehead atoms. The molecule has 0 unspecified atom stereocenters. The number of aryl methyl sites for hydroxylation is 1. The summed E-state index contributed by atoms with van der Waals surface area (Å²) in [5, 5.41) is 2.96. The molecule has 212 valence electrons. The van der Waals surface area contributed by atoms with Crippen LogP contribution in [0.4, 0.5) is 10.1 Å². The van der Waals surface area contributed by atoms with Crippen LogP contribution in [0, 0.1) is 12.7 Å². The Hall–Kier alpha value is -4.54. The lowest BCUT2D eigenvalue weighted by molar-refractivity contribution is 0.0628. The lowest BCUT2D eigenvalue weighted by Gasteiger charge is -2.34. The molecule has 6 rings (SSSR count). The second-order valence-electron chi connectivity index (χ2n) is 10.3. The van der Waals surface area contributed by atoms with Crippen molar-refractivity contribution in [1.82, 2.24) is 24.1 Å². The number of anilines is 1. The molecule has 2 amide bonds. The summed E-state index contributed by atoms with van der Waals surface area (Å²) in [5.74, 6) is -0.591. The smallest absolute Gasteiger partial charge is 0.258 e. The van der Waals surface area contributed by atoms with Gasteiger partial charge >= 0.3 is 0 Å². The van der Waals surface area contributed by atoms with Gasteiger partial charge in [0.2, 0.25) is 0 Å². The van der Waals surface area contributed by atoms with Crippen LogP contribution in [-0.2, 0) is 13.0 Å². The number of benzene rings is 3. The summed E-state index contributed by atoms with van der Waals surface area (Å²) in [7, 11) is 0. The van der Waals surface area contributed by atoms with Crippen LogP contribution in [0.2, 0.25) is 0 Å². The third-order valence-electron chi connectivity index (χ3n) is 7.35. The van der Waals surface area contributed by atoms with Crippen molar-refractivity contribution in [3.05, 3.63) is 118 Å². The summed E-state index contributed by atoms with van der Waals surface area (Å²) < 4.78 is 17.6. The number of fused-ring (bicyclic) bond motifs is 1. The number of carbonyl (C=O) groups is 2. The van der Waals surface area contributed by atoms with Gasteiger partial charge in [0, 0.05) is 61.5 Å². The zero-order valence-corrected chi connectivity index (χ0v) is 23.9. The highest BCUT2D eigenvalue weighted by molar-refractivity contribution is 7.06. The van der Waals surface area contributed by atoms with Crippen molar-refractivity contribution in [3.63, 3.8) is 0 Å². The number of halogens is 1. The third-order valence-corrected chi connectivity index (χ3v) is 8.28. The fourth-order valence-electron chi connectivity index (χ4n) is 5.14. The fraction of sp³-hybridized carbons (Fsp3) is 0.219. The topological polar surface area (TPSA) is 91.3 Å². The molecule has 3 aromatic carbocycles. The SMILES string of the molecule is Cc1nsc(Cc2cnc3ccccc3n2)c1C(=O)Nc1cccc(C(=O)N2CCN(Cc3ccc(F)cc3)CC2)c1. The number of rotatable bonds is 7. The summed E-state index contributed by atoms with van der Waals surface area (Å²) >= 11 is 1.28. The maximum atomic E-state index is 13.4. The predicted octanol–water partition coefficient (Wildman–Crippen LogP) is 5.33. The van der Waals surface area contributed by atoms with E-state index in [9.17, 15) is 14.0 Å². The van der Waals surface area contributed by atoms with Crippen LogP contribution in [0.1, 0.15) is 42.5 Å². The van der Waals surface area contributed by atoms with Crippen molar-refractivity contribution in [2.75, 3.05) is 31.5 Å². The number of hydrogen-bond donors (Lipinski definition) is 1. The van der Waals surface area contributed by atoms with Gasteiger partial charge in [0.25, 0.3) is 11.8 Å².